The average molecular weight is 444 g/mol. The van der Waals surface area contributed by atoms with Gasteiger partial charge in [-0.05, 0) is 37.8 Å². The predicted octanol–water partition coefficient (Wildman–Crippen LogP) is 4.78. The Morgan fingerprint density at radius 2 is 2.07 bits per heavy atom. The lowest BCUT2D eigenvalue weighted by Crippen LogP contribution is -2.43. The summed E-state index contributed by atoms with van der Waals surface area (Å²) in [5.41, 5.74) is -1.89. The van der Waals surface area contributed by atoms with Gasteiger partial charge in [0, 0.05) is 29.4 Å². The molecule has 10 heteroatoms. The minimum Gasteiger partial charge on any atom is -0.496 e. The number of hydrogen-bond acceptors (Lipinski definition) is 5. The van der Waals surface area contributed by atoms with Crippen molar-refractivity contribution in [3.05, 3.63) is 47.9 Å². The summed E-state index contributed by atoms with van der Waals surface area (Å²) in [6.45, 7) is 0.904. The second-order valence-corrected chi connectivity index (χ2v) is 7.87. The van der Waals surface area contributed by atoms with Crippen LogP contribution in [-0.2, 0) is 9.53 Å². The first-order valence-electron chi connectivity index (χ1n) is 8.97. The number of ether oxygens (including phenoxy) is 2. The third kappa shape index (κ3) is 4.39. The number of carbonyl (C=O) groups excluding carboxylic acids is 1. The third-order valence-corrected chi connectivity index (χ3v) is 5.67. The van der Waals surface area contributed by atoms with Gasteiger partial charge in [0.25, 0.3) is 5.91 Å². The van der Waals surface area contributed by atoms with Gasteiger partial charge in [-0.2, -0.15) is 13.2 Å². The molecule has 1 aromatic carbocycles. The molecule has 162 valence electrons. The predicted molar refractivity (Wildman–Crippen MR) is 104 cm³/mol. The number of halogens is 4. The van der Waals surface area contributed by atoms with E-state index in [1.165, 1.54) is 37.2 Å². The zero-order valence-corrected chi connectivity index (χ0v) is 17.2. The molecule has 1 saturated heterocycles. The Morgan fingerprint density at radius 3 is 2.70 bits per heavy atom. The van der Waals surface area contributed by atoms with Crippen LogP contribution in [0.1, 0.15) is 24.8 Å². The van der Waals surface area contributed by atoms with E-state index in [9.17, 15) is 22.4 Å². The van der Waals surface area contributed by atoms with Gasteiger partial charge in [0.2, 0.25) is 0 Å². The summed E-state index contributed by atoms with van der Waals surface area (Å²) in [6.07, 6.45) is -3.38. The van der Waals surface area contributed by atoms with Crippen molar-refractivity contribution in [2.24, 2.45) is 0 Å². The Bertz CT molecular complexity index is 941. The molecule has 30 heavy (non-hydrogen) atoms. The molecule has 1 aliphatic rings. The number of methoxy groups -OCH3 is 1. The van der Waals surface area contributed by atoms with Crippen molar-refractivity contribution in [1.29, 1.82) is 0 Å². The summed E-state index contributed by atoms with van der Waals surface area (Å²) in [5, 5.41) is 3.23. The Kier molecular flexibility index (Phi) is 6.28. The first-order valence-corrected chi connectivity index (χ1v) is 10.2. The standard InChI is InChI=1S/C20H20F4N2O3S/c1-19(20(22,23)24)10-14(13-5-4-11(21)8-15(13)28-2)17(29-19)18(27)26-12-6-7-25-16(9-12)30-3/h4-9,14,17H,10H2,1-3H3,(H,25,26,27). The molecule has 0 aliphatic carbocycles. The smallest absolute Gasteiger partial charge is 0.417 e. The number of pyridine rings is 1. The van der Waals surface area contributed by atoms with Crippen LogP contribution in [0.25, 0.3) is 0 Å². The molecular weight excluding hydrogens is 424 g/mol. The van der Waals surface area contributed by atoms with Crippen LogP contribution in [0.3, 0.4) is 0 Å². The van der Waals surface area contributed by atoms with Crippen molar-refractivity contribution in [3.63, 3.8) is 0 Å². The summed E-state index contributed by atoms with van der Waals surface area (Å²) < 4.78 is 65.1. The number of thioether (sulfide) groups is 1. The molecule has 1 amide bonds. The molecule has 1 aromatic heterocycles. The van der Waals surface area contributed by atoms with E-state index in [2.05, 4.69) is 10.3 Å². The van der Waals surface area contributed by atoms with E-state index < -0.39 is 41.9 Å². The molecule has 2 aromatic rings. The van der Waals surface area contributed by atoms with Crippen LogP contribution in [0, 0.1) is 5.82 Å². The van der Waals surface area contributed by atoms with Crippen LogP contribution < -0.4 is 10.1 Å². The number of aromatic nitrogens is 1. The highest BCUT2D eigenvalue weighted by Gasteiger charge is 2.61. The number of rotatable bonds is 5. The summed E-state index contributed by atoms with van der Waals surface area (Å²) >= 11 is 1.35. The van der Waals surface area contributed by atoms with Crippen molar-refractivity contribution in [3.8, 4) is 5.75 Å². The van der Waals surface area contributed by atoms with E-state index in [0.29, 0.717) is 10.7 Å². The number of hydrogen-bond donors (Lipinski definition) is 1. The Hall–Kier alpha value is -2.33. The van der Waals surface area contributed by atoms with Gasteiger partial charge in [-0.3, -0.25) is 4.79 Å². The highest BCUT2D eigenvalue weighted by Crippen LogP contribution is 2.51. The lowest BCUT2D eigenvalue weighted by molar-refractivity contribution is -0.261. The summed E-state index contributed by atoms with van der Waals surface area (Å²) in [6, 6.07) is 6.64. The molecule has 0 bridgehead atoms. The van der Waals surface area contributed by atoms with Gasteiger partial charge in [0.15, 0.2) is 5.60 Å². The SMILES string of the molecule is COc1cc(F)ccc1C1CC(C)(C(F)(F)F)OC1C(=O)Nc1ccnc(SC)c1. The molecule has 0 spiro atoms. The monoisotopic (exact) mass is 444 g/mol. The zero-order chi connectivity index (χ0) is 22.1. The van der Waals surface area contributed by atoms with E-state index in [1.54, 1.807) is 12.3 Å². The molecule has 1 N–H and O–H groups in total. The van der Waals surface area contributed by atoms with Gasteiger partial charge in [0.05, 0.1) is 12.1 Å². The minimum absolute atomic E-state index is 0.0569. The quantitative estimate of drug-likeness (QED) is 0.531. The zero-order valence-electron chi connectivity index (χ0n) is 16.4. The largest absolute Gasteiger partial charge is 0.496 e. The molecular formula is C20H20F4N2O3S. The molecule has 3 rings (SSSR count). The van der Waals surface area contributed by atoms with E-state index in [-0.39, 0.29) is 11.3 Å². The maximum atomic E-state index is 13.7. The number of nitrogens with one attached hydrogen (secondary N) is 1. The number of carbonyl (C=O) groups is 1. The van der Waals surface area contributed by atoms with Crippen LogP contribution >= 0.6 is 11.8 Å². The fraction of sp³-hybridized carbons (Fsp3) is 0.400. The Labute approximate surface area is 175 Å². The number of anilines is 1. The van der Waals surface area contributed by atoms with Gasteiger partial charge < -0.3 is 14.8 Å². The van der Waals surface area contributed by atoms with Gasteiger partial charge >= 0.3 is 6.18 Å². The molecule has 3 unspecified atom stereocenters. The van der Waals surface area contributed by atoms with E-state index in [1.807, 2.05) is 0 Å². The molecule has 2 heterocycles. The molecule has 0 saturated carbocycles. The fourth-order valence-electron chi connectivity index (χ4n) is 3.43. The van der Waals surface area contributed by atoms with E-state index >= 15 is 0 Å². The topological polar surface area (TPSA) is 60.5 Å². The first kappa shape index (κ1) is 22.4. The van der Waals surface area contributed by atoms with Crippen LogP contribution in [-0.4, -0.2) is 42.1 Å². The van der Waals surface area contributed by atoms with Crippen molar-refractivity contribution < 1.29 is 31.8 Å². The van der Waals surface area contributed by atoms with E-state index in [0.717, 1.165) is 19.1 Å². The summed E-state index contributed by atoms with van der Waals surface area (Å²) in [4.78, 5) is 17.0. The van der Waals surface area contributed by atoms with Crippen molar-refractivity contribution in [1.82, 2.24) is 4.98 Å². The normalized spacial score (nSPS) is 24.0. The van der Waals surface area contributed by atoms with Gasteiger partial charge in [-0.1, -0.05) is 6.07 Å². The summed E-state index contributed by atoms with van der Waals surface area (Å²) in [5.74, 6) is -2.27. The van der Waals surface area contributed by atoms with Crippen LogP contribution in [0.2, 0.25) is 0 Å². The molecule has 1 fully saturated rings. The van der Waals surface area contributed by atoms with Gasteiger partial charge in [-0.25, -0.2) is 9.37 Å². The maximum absolute atomic E-state index is 13.7. The Morgan fingerprint density at radius 1 is 1.33 bits per heavy atom. The number of amides is 1. The fourth-order valence-corrected chi connectivity index (χ4v) is 3.84. The minimum atomic E-state index is -4.70. The maximum Gasteiger partial charge on any atom is 0.417 e. The summed E-state index contributed by atoms with van der Waals surface area (Å²) in [7, 11) is 1.28. The van der Waals surface area contributed by atoms with Crippen LogP contribution in [0.4, 0.5) is 23.2 Å². The Balaban J connectivity index is 1.97. The van der Waals surface area contributed by atoms with Gasteiger partial charge in [0.1, 0.15) is 17.7 Å². The first-order chi connectivity index (χ1) is 14.1. The second kappa shape index (κ2) is 8.43. The molecule has 1 aliphatic heterocycles. The van der Waals surface area contributed by atoms with Crippen molar-refractivity contribution >= 4 is 23.4 Å². The highest BCUT2D eigenvalue weighted by atomic mass is 32.2. The van der Waals surface area contributed by atoms with Gasteiger partial charge in [-0.15, -0.1) is 11.8 Å². The van der Waals surface area contributed by atoms with Crippen LogP contribution in [0.15, 0.2) is 41.6 Å². The van der Waals surface area contributed by atoms with E-state index in [4.69, 9.17) is 9.47 Å². The highest BCUT2D eigenvalue weighted by molar-refractivity contribution is 7.98. The molecule has 3 atom stereocenters. The number of nitrogens with zero attached hydrogens (tertiary/aromatic N) is 1. The van der Waals surface area contributed by atoms with Crippen molar-refractivity contribution in [2.75, 3.05) is 18.7 Å². The number of benzene rings is 1. The van der Waals surface area contributed by atoms with Crippen molar-refractivity contribution in [2.45, 2.75) is 42.2 Å². The lowest BCUT2D eigenvalue weighted by atomic mass is 9.86. The van der Waals surface area contributed by atoms with Crippen LogP contribution in [0.5, 0.6) is 5.75 Å². The molecule has 5 nitrogen and oxygen atoms in total. The average Bonchev–Trinajstić information content (AvgIpc) is 3.07. The molecule has 0 radical (unpaired) electrons. The lowest BCUT2D eigenvalue weighted by Gasteiger charge is -2.27. The number of alkyl halides is 3. The second-order valence-electron chi connectivity index (χ2n) is 7.04. The third-order valence-electron chi connectivity index (χ3n) is 5.03.